The third-order valence-electron chi connectivity index (χ3n) is 4.03. The number of nitrogens with zero attached hydrogens (tertiary/aromatic N) is 1. The van der Waals surface area contributed by atoms with Crippen LogP contribution in [-0.4, -0.2) is 63.7 Å². The van der Waals surface area contributed by atoms with Gasteiger partial charge in [0.15, 0.2) is 9.84 Å². The molecule has 1 aromatic rings. The van der Waals surface area contributed by atoms with Crippen LogP contribution in [0.3, 0.4) is 0 Å². The number of sulfone groups is 1. The molecule has 0 spiro atoms. The molecule has 1 atom stereocenters. The number of halogens is 1. The molecule has 24 heavy (non-hydrogen) atoms. The lowest BCUT2D eigenvalue weighted by molar-refractivity contribution is 0.134. The molecule has 1 aliphatic rings. The molecular formula is C16H23ClN2O4S. The predicted octanol–water partition coefficient (Wildman–Crippen LogP) is 1.73. The van der Waals surface area contributed by atoms with Crippen LogP contribution in [0.25, 0.3) is 0 Å². The van der Waals surface area contributed by atoms with Crippen molar-refractivity contribution in [3.05, 3.63) is 34.9 Å². The van der Waals surface area contributed by atoms with E-state index in [0.29, 0.717) is 37.6 Å². The molecule has 1 saturated heterocycles. The zero-order valence-corrected chi connectivity index (χ0v) is 15.3. The first kappa shape index (κ1) is 19.0. The molecule has 0 bridgehead atoms. The van der Waals surface area contributed by atoms with Crippen LogP contribution < -0.4 is 5.32 Å². The van der Waals surface area contributed by atoms with Crippen LogP contribution in [0.4, 0.5) is 4.79 Å². The molecule has 0 aromatic heterocycles. The number of amides is 2. The smallest absolute Gasteiger partial charge is 0.317 e. The van der Waals surface area contributed by atoms with Gasteiger partial charge in [0.1, 0.15) is 0 Å². The van der Waals surface area contributed by atoms with E-state index in [0.717, 1.165) is 5.56 Å². The maximum absolute atomic E-state index is 12.4. The Hall–Kier alpha value is -1.31. The van der Waals surface area contributed by atoms with Crippen LogP contribution in [0, 0.1) is 0 Å². The van der Waals surface area contributed by atoms with Crippen molar-refractivity contribution in [1.29, 1.82) is 0 Å². The monoisotopic (exact) mass is 374 g/mol. The van der Waals surface area contributed by atoms with Crippen molar-refractivity contribution in [2.75, 3.05) is 38.3 Å². The fourth-order valence-corrected chi connectivity index (χ4v) is 4.71. The highest BCUT2D eigenvalue weighted by Crippen LogP contribution is 2.18. The molecule has 0 aliphatic carbocycles. The highest BCUT2D eigenvalue weighted by molar-refractivity contribution is 7.91. The molecule has 134 valence electrons. The van der Waals surface area contributed by atoms with Crippen LogP contribution in [0.15, 0.2) is 24.3 Å². The third kappa shape index (κ3) is 5.65. The zero-order chi connectivity index (χ0) is 17.6. The number of hydrogen-bond acceptors (Lipinski definition) is 4. The lowest BCUT2D eigenvalue weighted by atomic mass is 10.1. The Bertz CT molecular complexity index is 666. The van der Waals surface area contributed by atoms with Gasteiger partial charge in [-0.2, -0.15) is 0 Å². The number of hydrogen-bond donors (Lipinski definition) is 1. The summed E-state index contributed by atoms with van der Waals surface area (Å²) >= 11 is 5.94. The SMILES string of the molecule is COCCN(C(=O)NCCc1cccc(Cl)c1)C1CCS(=O)(=O)C1. The molecule has 6 nitrogen and oxygen atoms in total. The lowest BCUT2D eigenvalue weighted by Crippen LogP contribution is -2.48. The van der Waals surface area contributed by atoms with Crippen molar-refractivity contribution in [2.45, 2.75) is 18.9 Å². The van der Waals surface area contributed by atoms with Gasteiger partial charge < -0.3 is 15.0 Å². The normalized spacial score (nSPS) is 19.2. The highest BCUT2D eigenvalue weighted by atomic mass is 35.5. The number of benzene rings is 1. The fourth-order valence-electron chi connectivity index (χ4n) is 2.77. The van der Waals surface area contributed by atoms with Gasteiger partial charge in [0, 0.05) is 31.3 Å². The van der Waals surface area contributed by atoms with Crippen LogP contribution in [-0.2, 0) is 21.0 Å². The number of ether oxygens (including phenoxy) is 1. The number of carbonyl (C=O) groups is 1. The quantitative estimate of drug-likeness (QED) is 0.788. The summed E-state index contributed by atoms with van der Waals surface area (Å²) in [7, 11) is -1.49. The summed E-state index contributed by atoms with van der Waals surface area (Å²) < 4.78 is 28.4. The van der Waals surface area contributed by atoms with Gasteiger partial charge in [-0.25, -0.2) is 13.2 Å². The van der Waals surface area contributed by atoms with E-state index in [1.54, 1.807) is 18.1 Å². The number of rotatable bonds is 7. The molecule has 1 fully saturated rings. The van der Waals surface area contributed by atoms with Crippen LogP contribution in [0.5, 0.6) is 0 Å². The van der Waals surface area contributed by atoms with Gasteiger partial charge in [-0.15, -0.1) is 0 Å². The van der Waals surface area contributed by atoms with Crippen molar-refractivity contribution in [3.8, 4) is 0 Å². The van der Waals surface area contributed by atoms with Crippen LogP contribution in [0.1, 0.15) is 12.0 Å². The Balaban J connectivity index is 1.90. The maximum Gasteiger partial charge on any atom is 0.317 e. The molecule has 1 heterocycles. The lowest BCUT2D eigenvalue weighted by Gasteiger charge is -2.28. The van der Waals surface area contributed by atoms with E-state index in [1.807, 2.05) is 18.2 Å². The third-order valence-corrected chi connectivity index (χ3v) is 6.01. The maximum atomic E-state index is 12.4. The summed E-state index contributed by atoms with van der Waals surface area (Å²) in [6.07, 6.45) is 1.14. The van der Waals surface area contributed by atoms with E-state index in [9.17, 15) is 13.2 Å². The van der Waals surface area contributed by atoms with Gasteiger partial charge in [0.25, 0.3) is 0 Å². The topological polar surface area (TPSA) is 75.7 Å². The zero-order valence-electron chi connectivity index (χ0n) is 13.7. The molecule has 8 heteroatoms. The Labute approximate surface area is 148 Å². The summed E-state index contributed by atoms with van der Waals surface area (Å²) in [6.45, 7) is 1.21. The van der Waals surface area contributed by atoms with Gasteiger partial charge in [0.05, 0.1) is 18.1 Å². The second-order valence-electron chi connectivity index (χ2n) is 5.85. The Morgan fingerprint density at radius 1 is 1.46 bits per heavy atom. The van der Waals surface area contributed by atoms with Crippen LogP contribution in [0.2, 0.25) is 5.02 Å². The van der Waals surface area contributed by atoms with Crippen molar-refractivity contribution >= 4 is 27.5 Å². The van der Waals surface area contributed by atoms with E-state index in [1.165, 1.54) is 0 Å². The van der Waals surface area contributed by atoms with Gasteiger partial charge in [-0.1, -0.05) is 23.7 Å². The molecule has 2 rings (SSSR count). The standard InChI is InChI=1S/C16H23ClN2O4S/c1-23-9-8-19(15-6-10-24(21,22)12-15)16(20)18-7-5-13-3-2-4-14(17)11-13/h2-4,11,15H,5-10,12H2,1H3,(H,18,20). The molecule has 0 saturated carbocycles. The molecule has 2 amide bonds. The van der Waals surface area contributed by atoms with E-state index < -0.39 is 9.84 Å². The molecule has 0 radical (unpaired) electrons. The van der Waals surface area contributed by atoms with Crippen molar-refractivity contribution < 1.29 is 17.9 Å². The molecular weight excluding hydrogens is 352 g/mol. The summed E-state index contributed by atoms with van der Waals surface area (Å²) in [5, 5.41) is 3.52. The largest absolute Gasteiger partial charge is 0.383 e. The summed E-state index contributed by atoms with van der Waals surface area (Å²) in [5.41, 5.74) is 1.04. The number of nitrogens with one attached hydrogen (secondary N) is 1. The second-order valence-corrected chi connectivity index (χ2v) is 8.52. The first-order valence-electron chi connectivity index (χ1n) is 7.89. The summed E-state index contributed by atoms with van der Waals surface area (Å²) in [5.74, 6) is 0.162. The first-order chi connectivity index (χ1) is 11.4. The Kier molecular flexibility index (Phi) is 6.89. The first-order valence-corrected chi connectivity index (χ1v) is 10.1. The average molecular weight is 375 g/mol. The minimum absolute atomic E-state index is 0.0262. The second kappa shape index (κ2) is 8.69. The van der Waals surface area contributed by atoms with Crippen molar-refractivity contribution in [3.63, 3.8) is 0 Å². The van der Waals surface area contributed by atoms with Gasteiger partial charge in [-0.3, -0.25) is 0 Å². The van der Waals surface area contributed by atoms with Gasteiger partial charge >= 0.3 is 6.03 Å². The minimum atomic E-state index is -3.04. The predicted molar refractivity (Wildman–Crippen MR) is 94.2 cm³/mol. The van der Waals surface area contributed by atoms with E-state index in [-0.39, 0.29) is 23.6 Å². The molecule has 1 aliphatic heterocycles. The Morgan fingerprint density at radius 2 is 2.25 bits per heavy atom. The van der Waals surface area contributed by atoms with E-state index >= 15 is 0 Å². The van der Waals surface area contributed by atoms with E-state index in [2.05, 4.69) is 5.32 Å². The highest BCUT2D eigenvalue weighted by Gasteiger charge is 2.34. The number of methoxy groups -OCH3 is 1. The molecule has 1 N–H and O–H groups in total. The van der Waals surface area contributed by atoms with Crippen molar-refractivity contribution in [1.82, 2.24) is 10.2 Å². The van der Waals surface area contributed by atoms with Gasteiger partial charge in [-0.05, 0) is 30.5 Å². The Morgan fingerprint density at radius 3 is 2.88 bits per heavy atom. The van der Waals surface area contributed by atoms with E-state index in [4.69, 9.17) is 16.3 Å². The average Bonchev–Trinajstić information content (AvgIpc) is 2.88. The summed E-state index contributed by atoms with van der Waals surface area (Å²) in [6, 6.07) is 6.95. The van der Waals surface area contributed by atoms with Crippen molar-refractivity contribution in [2.24, 2.45) is 0 Å². The fraction of sp³-hybridized carbons (Fsp3) is 0.562. The number of urea groups is 1. The minimum Gasteiger partial charge on any atom is -0.383 e. The van der Waals surface area contributed by atoms with Gasteiger partial charge in [0.2, 0.25) is 0 Å². The summed E-state index contributed by atoms with van der Waals surface area (Å²) in [4.78, 5) is 14.0. The number of carbonyl (C=O) groups excluding carboxylic acids is 1. The van der Waals surface area contributed by atoms with Crippen LogP contribution >= 0.6 is 11.6 Å². The molecule has 1 unspecified atom stereocenters. The molecule has 1 aromatic carbocycles.